The Labute approximate surface area is 56.9 Å². The summed E-state index contributed by atoms with van der Waals surface area (Å²) in [5.74, 6) is 0. The van der Waals surface area contributed by atoms with Gasteiger partial charge in [0.25, 0.3) is 0 Å². The zero-order valence-electron chi connectivity index (χ0n) is 5.56. The molecule has 1 atom stereocenters. The van der Waals surface area contributed by atoms with E-state index in [4.69, 9.17) is 10.2 Å². The first kappa shape index (κ1) is 25.9. The molecule has 0 spiro atoms. The summed E-state index contributed by atoms with van der Waals surface area (Å²) >= 11 is 0. The van der Waals surface area contributed by atoms with Gasteiger partial charge in [-0.2, -0.15) is 7.11 Å². The summed E-state index contributed by atoms with van der Waals surface area (Å²) < 4.78 is 0. The number of hydrogen-bond acceptors (Lipinski definition) is 2. The summed E-state index contributed by atoms with van der Waals surface area (Å²) in [4.78, 5) is 0. The molecule has 0 amide bonds. The topological polar surface area (TPSA) is 43.3 Å². The first-order valence-corrected chi connectivity index (χ1v) is 1.86. The first-order valence-electron chi connectivity index (χ1n) is 1.86. The van der Waals surface area contributed by atoms with Gasteiger partial charge in [0, 0.05) is 7.11 Å². The van der Waals surface area contributed by atoms with Crippen LogP contribution in [0.4, 0.5) is 0 Å². The molecule has 3 heteroatoms. The molecule has 0 radical (unpaired) electrons. The second-order valence-corrected chi connectivity index (χ2v) is 0. The van der Waals surface area contributed by atoms with Crippen LogP contribution >= 0.6 is 0 Å². The third kappa shape index (κ3) is 568. The molecular weight excluding hydrogens is 155 g/mol. The minimum absolute atomic E-state index is 0. The fraction of sp³-hybridized carbons (Fsp3) is 1.00. The zero-order valence-corrected chi connectivity index (χ0v) is 8.53. The zero-order chi connectivity index (χ0) is 6.00. The van der Waals surface area contributed by atoms with E-state index in [1.807, 2.05) is 13.8 Å². The van der Waals surface area contributed by atoms with E-state index in [0.29, 0.717) is 0 Å². The number of aliphatic hydroxyl groups is 1. The number of hydrogen-bond donors (Lipinski definition) is 1. The van der Waals surface area contributed by atoms with Crippen LogP contribution in [0.2, 0.25) is 0 Å². The molecule has 0 saturated heterocycles. The van der Waals surface area contributed by atoms with E-state index in [1.165, 1.54) is 0 Å². The molecular formula is C4H16AsO2-. The van der Waals surface area contributed by atoms with E-state index in [0.717, 1.165) is 14.2 Å². The molecule has 0 bridgehead atoms. The summed E-state index contributed by atoms with van der Waals surface area (Å²) in [6.07, 6.45) is 0. The van der Waals surface area contributed by atoms with Crippen molar-refractivity contribution < 1.29 is 10.2 Å². The Balaban J connectivity index is -0.00000000900. The van der Waals surface area contributed by atoms with Gasteiger partial charge in [0.05, 0.1) is 0 Å². The molecule has 1 N–H and O–H groups in total. The van der Waals surface area contributed by atoms with Crippen molar-refractivity contribution in [1.29, 1.82) is 0 Å². The molecule has 7 heavy (non-hydrogen) atoms. The fourth-order valence-corrected chi connectivity index (χ4v) is 0. The van der Waals surface area contributed by atoms with Crippen LogP contribution in [0, 0.1) is 0 Å². The molecule has 0 fully saturated rings. The van der Waals surface area contributed by atoms with E-state index < -0.39 is 0 Å². The Kier molecular flexibility index (Phi) is 3150. The normalized spacial score (nSPS) is 2.57. The molecule has 0 aliphatic rings. The van der Waals surface area contributed by atoms with Crippen LogP contribution < -0.4 is 5.11 Å². The fourth-order valence-electron chi connectivity index (χ4n) is 0. The SMILES string of the molecule is CC.CO.C[O-].[AsH3]. The van der Waals surface area contributed by atoms with Gasteiger partial charge in [-0.1, -0.05) is 13.8 Å². The third-order valence-corrected chi connectivity index (χ3v) is 0. The van der Waals surface area contributed by atoms with Crippen molar-refractivity contribution in [2.45, 2.75) is 13.8 Å². The van der Waals surface area contributed by atoms with Crippen LogP contribution in [0.3, 0.4) is 0 Å². The van der Waals surface area contributed by atoms with Gasteiger partial charge in [0.2, 0.25) is 0 Å². The van der Waals surface area contributed by atoms with Crippen LogP contribution in [0.1, 0.15) is 13.8 Å². The van der Waals surface area contributed by atoms with Crippen LogP contribution in [0.5, 0.6) is 0 Å². The molecule has 0 aromatic heterocycles. The Morgan fingerprint density at radius 1 is 1.00 bits per heavy atom. The molecule has 0 aliphatic carbocycles. The predicted octanol–water partition coefficient (Wildman–Crippen LogP) is -1.57. The molecule has 0 aromatic carbocycles. The first-order chi connectivity index (χ1) is 3.00. The Morgan fingerprint density at radius 3 is 1.00 bits per heavy atom. The minimum atomic E-state index is 0. The summed E-state index contributed by atoms with van der Waals surface area (Å²) in [7, 11) is 1.75. The molecule has 0 saturated carbocycles. The number of rotatable bonds is 0. The number of aliphatic hydroxyl groups excluding tert-OH is 1. The van der Waals surface area contributed by atoms with Crippen molar-refractivity contribution in [2.24, 2.45) is 0 Å². The van der Waals surface area contributed by atoms with Gasteiger partial charge in [-0.05, 0) is 0 Å². The average Bonchev–Trinajstić information content (AvgIpc) is 1.81. The molecule has 0 aromatic rings. The van der Waals surface area contributed by atoms with Crippen molar-refractivity contribution >= 4 is 18.0 Å². The maximum absolute atomic E-state index is 8.25. The Bertz CT molecular complexity index is 9.65. The van der Waals surface area contributed by atoms with Gasteiger partial charge in [-0.3, -0.25) is 0 Å². The Hall–Kier alpha value is 0.478. The summed E-state index contributed by atoms with van der Waals surface area (Å²) in [6, 6.07) is 0. The third-order valence-electron chi connectivity index (χ3n) is 0. The van der Waals surface area contributed by atoms with Crippen molar-refractivity contribution in [1.82, 2.24) is 0 Å². The van der Waals surface area contributed by atoms with Crippen molar-refractivity contribution in [2.75, 3.05) is 14.2 Å². The van der Waals surface area contributed by atoms with Crippen molar-refractivity contribution in [3.05, 3.63) is 0 Å². The van der Waals surface area contributed by atoms with E-state index >= 15 is 0 Å². The second kappa shape index (κ2) is 849. The van der Waals surface area contributed by atoms with Gasteiger partial charge in [-0.15, -0.1) is 0 Å². The van der Waals surface area contributed by atoms with E-state index in [1.54, 1.807) is 0 Å². The summed E-state index contributed by atoms with van der Waals surface area (Å²) in [5, 5.41) is 15.2. The summed E-state index contributed by atoms with van der Waals surface area (Å²) in [5.41, 5.74) is 0. The Morgan fingerprint density at radius 2 is 1.00 bits per heavy atom. The molecule has 0 heterocycles. The van der Waals surface area contributed by atoms with Gasteiger partial charge < -0.3 is 10.2 Å². The average molecular weight is 171 g/mol. The standard InChI is InChI=1S/C2H6.CH4O.CH3O.AsH3/c3*1-2;/h1-2H3;2H,1H3;1H3;1H3/q;;-1;. The quantitative estimate of drug-likeness (QED) is 0.447. The van der Waals surface area contributed by atoms with E-state index in [2.05, 4.69) is 0 Å². The van der Waals surface area contributed by atoms with Gasteiger partial charge in [0.1, 0.15) is 0 Å². The molecule has 2 nitrogen and oxygen atoms in total. The molecule has 1 unspecified atom stereocenters. The molecule has 50 valence electrons. The van der Waals surface area contributed by atoms with Crippen LogP contribution in [0.15, 0.2) is 0 Å². The molecule has 0 aliphatic heterocycles. The predicted molar refractivity (Wildman–Crippen MR) is 35.4 cm³/mol. The van der Waals surface area contributed by atoms with Crippen LogP contribution in [-0.4, -0.2) is 37.3 Å². The maximum atomic E-state index is 8.25. The van der Waals surface area contributed by atoms with Crippen LogP contribution in [0.25, 0.3) is 0 Å². The van der Waals surface area contributed by atoms with Gasteiger partial charge in [-0.25, -0.2) is 0 Å². The van der Waals surface area contributed by atoms with Crippen molar-refractivity contribution in [3.8, 4) is 0 Å². The van der Waals surface area contributed by atoms with E-state index in [9.17, 15) is 0 Å². The van der Waals surface area contributed by atoms with Crippen LogP contribution in [-0.2, 0) is 0 Å². The van der Waals surface area contributed by atoms with Gasteiger partial charge >= 0.3 is 18.0 Å². The van der Waals surface area contributed by atoms with E-state index in [-0.39, 0.29) is 18.0 Å². The van der Waals surface area contributed by atoms with Crippen molar-refractivity contribution in [3.63, 3.8) is 0 Å². The van der Waals surface area contributed by atoms with Gasteiger partial charge in [0.15, 0.2) is 0 Å². The summed E-state index contributed by atoms with van der Waals surface area (Å²) in [6.45, 7) is 4.00. The molecule has 0 rings (SSSR count). The second-order valence-electron chi connectivity index (χ2n) is 0. The monoisotopic (exact) mass is 171 g/mol.